The molecule has 20 heavy (non-hydrogen) atoms. The number of rotatable bonds is 5. The normalized spacial score (nSPS) is 11.3. The number of halogens is 1. The van der Waals surface area contributed by atoms with Gasteiger partial charge < -0.3 is 5.32 Å². The van der Waals surface area contributed by atoms with Crippen LogP contribution >= 0.6 is 11.6 Å². The second kappa shape index (κ2) is 5.68. The van der Waals surface area contributed by atoms with Crippen LogP contribution in [-0.2, 0) is 16.4 Å². The molecule has 0 aliphatic rings. The Balaban J connectivity index is 2.18. The van der Waals surface area contributed by atoms with E-state index in [0.29, 0.717) is 17.3 Å². The standard InChI is InChI=1S/C13H14ClN3O2S/c1-3-17-9-10(8-16-17)7-15-13-6-11(20(2,18)19)4-5-12(13)14/h3-6,8-9,15H,1,7H2,2H3. The van der Waals surface area contributed by atoms with E-state index in [0.717, 1.165) is 11.8 Å². The third kappa shape index (κ3) is 3.40. The number of sulfone groups is 1. The predicted octanol–water partition coefficient (Wildman–Crippen LogP) is 2.65. The Kier molecular flexibility index (Phi) is 4.15. The van der Waals surface area contributed by atoms with Crippen molar-refractivity contribution in [2.75, 3.05) is 11.6 Å². The molecule has 0 aliphatic carbocycles. The highest BCUT2D eigenvalue weighted by Gasteiger charge is 2.10. The molecule has 7 heteroatoms. The van der Waals surface area contributed by atoms with Gasteiger partial charge in [0.25, 0.3) is 0 Å². The molecule has 0 atom stereocenters. The monoisotopic (exact) mass is 311 g/mol. The van der Waals surface area contributed by atoms with Crippen molar-refractivity contribution in [3.05, 3.63) is 47.8 Å². The molecule has 1 aromatic carbocycles. The maximum Gasteiger partial charge on any atom is 0.175 e. The minimum absolute atomic E-state index is 0.228. The zero-order chi connectivity index (χ0) is 14.8. The lowest BCUT2D eigenvalue weighted by atomic mass is 10.3. The topological polar surface area (TPSA) is 64.0 Å². The van der Waals surface area contributed by atoms with Crippen LogP contribution in [0.2, 0.25) is 5.02 Å². The molecule has 0 saturated carbocycles. The minimum Gasteiger partial charge on any atom is -0.380 e. The molecule has 1 aromatic heterocycles. The lowest BCUT2D eigenvalue weighted by Crippen LogP contribution is -2.02. The summed E-state index contributed by atoms with van der Waals surface area (Å²) >= 11 is 6.05. The molecule has 1 heterocycles. The van der Waals surface area contributed by atoms with E-state index in [1.54, 1.807) is 23.1 Å². The Bertz CT molecular complexity index is 738. The highest BCUT2D eigenvalue weighted by Crippen LogP contribution is 2.25. The fraction of sp³-hybridized carbons (Fsp3) is 0.154. The number of anilines is 1. The minimum atomic E-state index is -3.25. The van der Waals surface area contributed by atoms with Gasteiger partial charge in [0.2, 0.25) is 0 Å². The fourth-order valence-electron chi connectivity index (χ4n) is 1.64. The van der Waals surface area contributed by atoms with Crippen molar-refractivity contribution in [2.24, 2.45) is 0 Å². The van der Waals surface area contributed by atoms with E-state index in [4.69, 9.17) is 11.6 Å². The van der Waals surface area contributed by atoms with Crippen LogP contribution in [0.4, 0.5) is 5.69 Å². The number of hydrogen-bond acceptors (Lipinski definition) is 4. The van der Waals surface area contributed by atoms with E-state index in [9.17, 15) is 8.42 Å². The van der Waals surface area contributed by atoms with Gasteiger partial charge in [-0.2, -0.15) is 5.10 Å². The van der Waals surface area contributed by atoms with Crippen molar-refractivity contribution in [3.8, 4) is 0 Å². The fourth-order valence-corrected chi connectivity index (χ4v) is 2.47. The average molecular weight is 312 g/mol. The Morgan fingerprint density at radius 3 is 2.85 bits per heavy atom. The van der Waals surface area contributed by atoms with Crippen LogP contribution < -0.4 is 5.32 Å². The summed E-state index contributed by atoms with van der Waals surface area (Å²) in [6.45, 7) is 4.09. The van der Waals surface area contributed by atoms with Crippen LogP contribution in [-0.4, -0.2) is 24.5 Å². The molecule has 106 valence electrons. The summed E-state index contributed by atoms with van der Waals surface area (Å²) in [5.41, 5.74) is 1.51. The van der Waals surface area contributed by atoms with Gasteiger partial charge in [-0.1, -0.05) is 18.2 Å². The van der Waals surface area contributed by atoms with Crippen molar-refractivity contribution in [1.29, 1.82) is 0 Å². The zero-order valence-electron chi connectivity index (χ0n) is 10.9. The maximum atomic E-state index is 11.5. The Morgan fingerprint density at radius 2 is 2.25 bits per heavy atom. The first-order valence-corrected chi connectivity index (χ1v) is 8.06. The van der Waals surface area contributed by atoms with Crippen molar-refractivity contribution in [2.45, 2.75) is 11.4 Å². The van der Waals surface area contributed by atoms with E-state index in [-0.39, 0.29) is 4.90 Å². The molecule has 5 nitrogen and oxygen atoms in total. The second-order valence-electron chi connectivity index (χ2n) is 4.28. The lowest BCUT2D eigenvalue weighted by Gasteiger charge is -2.09. The molecule has 2 rings (SSSR count). The van der Waals surface area contributed by atoms with Crippen LogP contribution in [0.5, 0.6) is 0 Å². The number of hydrogen-bond donors (Lipinski definition) is 1. The quantitative estimate of drug-likeness (QED) is 0.922. The molecule has 0 amide bonds. The van der Waals surface area contributed by atoms with E-state index in [1.165, 1.54) is 12.1 Å². The summed E-state index contributed by atoms with van der Waals surface area (Å²) < 4.78 is 24.6. The molecule has 1 N–H and O–H groups in total. The summed E-state index contributed by atoms with van der Waals surface area (Å²) in [6, 6.07) is 4.57. The van der Waals surface area contributed by atoms with Gasteiger partial charge >= 0.3 is 0 Å². The highest BCUT2D eigenvalue weighted by atomic mass is 35.5. The molecular formula is C13H14ClN3O2S. The Labute approximate surface area is 122 Å². The van der Waals surface area contributed by atoms with Gasteiger partial charge in [0.1, 0.15) is 0 Å². The average Bonchev–Trinajstić information content (AvgIpc) is 2.84. The third-order valence-electron chi connectivity index (χ3n) is 2.69. The highest BCUT2D eigenvalue weighted by molar-refractivity contribution is 7.90. The van der Waals surface area contributed by atoms with E-state index in [1.807, 2.05) is 6.20 Å². The van der Waals surface area contributed by atoms with E-state index in [2.05, 4.69) is 17.0 Å². The van der Waals surface area contributed by atoms with E-state index >= 15 is 0 Å². The van der Waals surface area contributed by atoms with Crippen LogP contribution in [0.1, 0.15) is 5.56 Å². The second-order valence-corrected chi connectivity index (χ2v) is 6.70. The molecule has 0 unspecified atom stereocenters. The third-order valence-corrected chi connectivity index (χ3v) is 4.13. The van der Waals surface area contributed by atoms with Crippen LogP contribution in [0.15, 0.2) is 42.1 Å². The van der Waals surface area contributed by atoms with Gasteiger partial charge in [-0.25, -0.2) is 13.1 Å². The molecule has 0 saturated heterocycles. The van der Waals surface area contributed by atoms with Gasteiger partial charge in [0.15, 0.2) is 9.84 Å². The molecule has 0 radical (unpaired) electrons. The predicted molar refractivity (Wildman–Crippen MR) is 80.5 cm³/mol. The summed E-state index contributed by atoms with van der Waals surface area (Å²) in [7, 11) is -3.25. The zero-order valence-corrected chi connectivity index (χ0v) is 12.4. The van der Waals surface area contributed by atoms with Gasteiger partial charge in [0.05, 0.1) is 21.8 Å². The largest absolute Gasteiger partial charge is 0.380 e. The molecule has 0 bridgehead atoms. The molecule has 0 fully saturated rings. The number of nitrogens with zero attached hydrogens (tertiary/aromatic N) is 2. The van der Waals surface area contributed by atoms with Crippen LogP contribution in [0.3, 0.4) is 0 Å². The summed E-state index contributed by atoms with van der Waals surface area (Å²) in [4.78, 5) is 0.228. The summed E-state index contributed by atoms with van der Waals surface area (Å²) in [5.74, 6) is 0. The molecular weight excluding hydrogens is 298 g/mol. The number of aromatic nitrogens is 2. The van der Waals surface area contributed by atoms with Crippen molar-refractivity contribution in [1.82, 2.24) is 9.78 Å². The molecule has 2 aromatic rings. The number of benzene rings is 1. The van der Waals surface area contributed by atoms with Gasteiger partial charge in [-0.15, -0.1) is 0 Å². The molecule has 0 spiro atoms. The van der Waals surface area contributed by atoms with E-state index < -0.39 is 9.84 Å². The molecule has 0 aliphatic heterocycles. The summed E-state index contributed by atoms with van der Waals surface area (Å²) in [6.07, 6.45) is 6.26. The summed E-state index contributed by atoms with van der Waals surface area (Å²) in [5, 5.41) is 7.62. The van der Waals surface area contributed by atoms with Crippen molar-refractivity contribution in [3.63, 3.8) is 0 Å². The SMILES string of the molecule is C=Cn1cc(CNc2cc(S(C)(=O)=O)ccc2Cl)cn1. The lowest BCUT2D eigenvalue weighted by molar-refractivity contribution is 0.602. The first-order chi connectivity index (χ1) is 9.40. The Hall–Kier alpha value is -1.79. The smallest absolute Gasteiger partial charge is 0.175 e. The Morgan fingerprint density at radius 1 is 1.50 bits per heavy atom. The van der Waals surface area contributed by atoms with Crippen molar-refractivity contribution >= 4 is 33.3 Å². The maximum absolute atomic E-state index is 11.5. The van der Waals surface area contributed by atoms with Gasteiger partial charge in [-0.3, -0.25) is 0 Å². The number of nitrogens with one attached hydrogen (secondary N) is 1. The first kappa shape index (κ1) is 14.6. The first-order valence-electron chi connectivity index (χ1n) is 5.79. The van der Waals surface area contributed by atoms with Crippen LogP contribution in [0, 0.1) is 0 Å². The van der Waals surface area contributed by atoms with Gasteiger partial charge in [-0.05, 0) is 18.2 Å². The van der Waals surface area contributed by atoms with Crippen molar-refractivity contribution < 1.29 is 8.42 Å². The van der Waals surface area contributed by atoms with Gasteiger partial charge in [0, 0.05) is 30.8 Å². The van der Waals surface area contributed by atoms with Crippen LogP contribution in [0.25, 0.3) is 6.20 Å².